The first-order valence-corrected chi connectivity index (χ1v) is 5.55. The number of carbonyl (C=O) groups is 1. The number of carbonyl (C=O) groups excluding carboxylic acids is 1. The van der Waals surface area contributed by atoms with Crippen molar-refractivity contribution in [3.8, 4) is 0 Å². The third kappa shape index (κ3) is 2.18. The van der Waals surface area contributed by atoms with Crippen molar-refractivity contribution >= 4 is 11.6 Å². The number of nitrogens with one attached hydrogen (secondary N) is 2. The zero-order valence-corrected chi connectivity index (χ0v) is 9.92. The highest BCUT2D eigenvalue weighted by Gasteiger charge is 2.30. The summed E-state index contributed by atoms with van der Waals surface area (Å²) < 4.78 is 0. The summed E-state index contributed by atoms with van der Waals surface area (Å²) in [5.41, 5.74) is 7.37. The first-order valence-electron chi connectivity index (χ1n) is 5.55. The van der Waals surface area contributed by atoms with Crippen LogP contribution in [-0.2, 0) is 0 Å². The average Bonchev–Trinajstić information content (AvgIpc) is 2.87. The molecule has 16 heavy (non-hydrogen) atoms. The molecule has 0 aromatic carbocycles. The van der Waals surface area contributed by atoms with Crippen LogP contribution in [-0.4, -0.2) is 21.6 Å². The van der Waals surface area contributed by atoms with E-state index in [1.54, 1.807) is 0 Å². The van der Waals surface area contributed by atoms with Gasteiger partial charge in [-0.15, -0.1) is 0 Å². The molecule has 5 heteroatoms. The van der Waals surface area contributed by atoms with Crippen LogP contribution < -0.4 is 11.1 Å². The van der Waals surface area contributed by atoms with Gasteiger partial charge in [-0.3, -0.25) is 9.89 Å². The Kier molecular flexibility index (Phi) is 2.40. The lowest BCUT2D eigenvalue weighted by Crippen LogP contribution is -2.41. The molecule has 0 atom stereocenters. The van der Waals surface area contributed by atoms with Crippen LogP contribution >= 0.6 is 0 Å². The van der Waals surface area contributed by atoms with Crippen molar-refractivity contribution in [3.63, 3.8) is 0 Å². The van der Waals surface area contributed by atoms with Crippen LogP contribution in [0.4, 0.5) is 5.69 Å². The van der Waals surface area contributed by atoms with Gasteiger partial charge in [0.2, 0.25) is 0 Å². The van der Waals surface area contributed by atoms with E-state index < -0.39 is 0 Å². The molecule has 0 saturated heterocycles. The molecule has 1 aromatic heterocycles. The Balaban J connectivity index is 2.17. The van der Waals surface area contributed by atoms with Crippen LogP contribution in [0.5, 0.6) is 0 Å². The number of nitrogen functional groups attached to an aromatic ring is 1. The molecule has 0 unspecified atom stereocenters. The summed E-state index contributed by atoms with van der Waals surface area (Å²) in [4.78, 5) is 11.9. The Morgan fingerprint density at radius 1 is 1.50 bits per heavy atom. The summed E-state index contributed by atoms with van der Waals surface area (Å²) in [6, 6.07) is 0. The maximum atomic E-state index is 11.9. The fraction of sp³-hybridized carbons (Fsp3) is 0.636. The van der Waals surface area contributed by atoms with Gasteiger partial charge in [0.05, 0.1) is 11.4 Å². The molecule has 0 spiro atoms. The molecule has 88 valence electrons. The summed E-state index contributed by atoms with van der Waals surface area (Å²) in [5.74, 6) is 0.261. The summed E-state index contributed by atoms with van der Waals surface area (Å²) in [7, 11) is 0. The van der Waals surface area contributed by atoms with Crippen LogP contribution in [0.1, 0.15) is 55.7 Å². The quantitative estimate of drug-likeness (QED) is 0.707. The van der Waals surface area contributed by atoms with Gasteiger partial charge in [0.25, 0.3) is 5.91 Å². The Labute approximate surface area is 94.8 Å². The standard InChI is InChI=1S/C11H18N4O/c1-11(2,3)13-10(16)9-7(12)8(14-15-9)6-4-5-6/h6H,4-5,12H2,1-3H3,(H,13,16)(H,14,15). The molecule has 1 amide bonds. The van der Waals surface area contributed by atoms with Crippen LogP contribution in [0.3, 0.4) is 0 Å². The Morgan fingerprint density at radius 3 is 2.62 bits per heavy atom. The number of anilines is 1. The van der Waals surface area contributed by atoms with Crippen molar-refractivity contribution in [3.05, 3.63) is 11.4 Å². The fourth-order valence-corrected chi connectivity index (χ4v) is 1.62. The Morgan fingerprint density at radius 2 is 2.12 bits per heavy atom. The van der Waals surface area contributed by atoms with Crippen molar-refractivity contribution in [2.24, 2.45) is 0 Å². The maximum absolute atomic E-state index is 11.9. The monoisotopic (exact) mass is 222 g/mol. The number of hydrogen-bond donors (Lipinski definition) is 3. The molecule has 4 N–H and O–H groups in total. The van der Waals surface area contributed by atoms with Gasteiger partial charge in [0.15, 0.2) is 5.69 Å². The first-order chi connectivity index (χ1) is 7.38. The number of aromatic amines is 1. The largest absolute Gasteiger partial charge is 0.395 e. The molecule has 0 radical (unpaired) electrons. The van der Waals surface area contributed by atoms with Crippen molar-refractivity contribution in [2.45, 2.75) is 45.1 Å². The van der Waals surface area contributed by atoms with Gasteiger partial charge in [-0.25, -0.2) is 0 Å². The van der Waals surface area contributed by atoms with E-state index in [4.69, 9.17) is 5.73 Å². The van der Waals surface area contributed by atoms with Crippen molar-refractivity contribution in [1.82, 2.24) is 15.5 Å². The SMILES string of the molecule is CC(C)(C)NC(=O)c1n[nH]c(C2CC2)c1N. The van der Waals surface area contributed by atoms with E-state index in [1.807, 2.05) is 20.8 Å². The summed E-state index contributed by atoms with van der Waals surface area (Å²) in [6.45, 7) is 5.78. The molecule has 0 bridgehead atoms. The van der Waals surface area contributed by atoms with E-state index >= 15 is 0 Å². The molecule has 1 aliphatic carbocycles. The van der Waals surface area contributed by atoms with E-state index in [2.05, 4.69) is 15.5 Å². The van der Waals surface area contributed by atoms with Gasteiger partial charge in [-0.1, -0.05) is 0 Å². The number of aromatic nitrogens is 2. The third-order valence-corrected chi connectivity index (χ3v) is 2.52. The number of rotatable bonds is 2. The molecule has 1 heterocycles. The van der Waals surface area contributed by atoms with Gasteiger partial charge in [-0.05, 0) is 33.6 Å². The highest BCUT2D eigenvalue weighted by Crippen LogP contribution is 2.42. The zero-order chi connectivity index (χ0) is 11.9. The third-order valence-electron chi connectivity index (χ3n) is 2.52. The second-order valence-electron chi connectivity index (χ2n) is 5.38. The van der Waals surface area contributed by atoms with Crippen LogP contribution in [0.2, 0.25) is 0 Å². The van der Waals surface area contributed by atoms with Crippen LogP contribution in [0.25, 0.3) is 0 Å². The van der Waals surface area contributed by atoms with Crippen molar-refractivity contribution in [2.75, 3.05) is 5.73 Å². The number of H-pyrrole nitrogens is 1. The lowest BCUT2D eigenvalue weighted by Gasteiger charge is -2.19. The molecule has 1 fully saturated rings. The normalized spacial score (nSPS) is 16.2. The summed E-state index contributed by atoms with van der Waals surface area (Å²) in [5, 5.41) is 9.71. The summed E-state index contributed by atoms with van der Waals surface area (Å²) in [6.07, 6.45) is 2.26. The van der Waals surface area contributed by atoms with Gasteiger partial charge < -0.3 is 11.1 Å². The highest BCUT2D eigenvalue weighted by atomic mass is 16.2. The topological polar surface area (TPSA) is 83.8 Å². The summed E-state index contributed by atoms with van der Waals surface area (Å²) >= 11 is 0. The Hall–Kier alpha value is -1.52. The maximum Gasteiger partial charge on any atom is 0.274 e. The van der Waals surface area contributed by atoms with E-state index in [-0.39, 0.29) is 11.4 Å². The van der Waals surface area contributed by atoms with Gasteiger partial charge in [0.1, 0.15) is 0 Å². The van der Waals surface area contributed by atoms with Gasteiger partial charge in [-0.2, -0.15) is 5.10 Å². The second-order valence-corrected chi connectivity index (χ2v) is 5.38. The minimum Gasteiger partial charge on any atom is -0.395 e. The number of nitrogens with zero attached hydrogens (tertiary/aromatic N) is 1. The van der Waals surface area contributed by atoms with E-state index in [9.17, 15) is 4.79 Å². The zero-order valence-electron chi connectivity index (χ0n) is 9.92. The van der Waals surface area contributed by atoms with Crippen LogP contribution in [0, 0.1) is 0 Å². The van der Waals surface area contributed by atoms with Crippen molar-refractivity contribution in [1.29, 1.82) is 0 Å². The van der Waals surface area contributed by atoms with Gasteiger partial charge in [0, 0.05) is 11.5 Å². The minimum atomic E-state index is -0.276. The molecule has 1 aliphatic rings. The molecule has 5 nitrogen and oxygen atoms in total. The molecular formula is C11H18N4O. The molecule has 1 saturated carbocycles. The molecule has 2 rings (SSSR count). The predicted molar refractivity (Wildman–Crippen MR) is 62.2 cm³/mol. The molecular weight excluding hydrogens is 204 g/mol. The van der Waals surface area contributed by atoms with Crippen LogP contribution in [0.15, 0.2) is 0 Å². The first kappa shape index (κ1) is 11.0. The molecule has 0 aliphatic heterocycles. The number of nitrogens with two attached hydrogens (primary N) is 1. The number of hydrogen-bond acceptors (Lipinski definition) is 3. The minimum absolute atomic E-state index is 0.215. The predicted octanol–water partition coefficient (Wildman–Crippen LogP) is 1.40. The fourth-order valence-electron chi connectivity index (χ4n) is 1.62. The average molecular weight is 222 g/mol. The second kappa shape index (κ2) is 3.50. The lowest BCUT2D eigenvalue weighted by molar-refractivity contribution is 0.0915. The van der Waals surface area contributed by atoms with E-state index in [0.717, 1.165) is 18.5 Å². The van der Waals surface area contributed by atoms with Gasteiger partial charge >= 0.3 is 0 Å². The van der Waals surface area contributed by atoms with E-state index in [0.29, 0.717) is 17.3 Å². The molecule has 1 aromatic rings. The smallest absolute Gasteiger partial charge is 0.274 e. The number of amides is 1. The highest BCUT2D eigenvalue weighted by molar-refractivity contribution is 5.98. The Bertz CT molecular complexity index is 412. The van der Waals surface area contributed by atoms with E-state index in [1.165, 1.54) is 0 Å². The van der Waals surface area contributed by atoms with Crippen molar-refractivity contribution < 1.29 is 4.79 Å². The lowest BCUT2D eigenvalue weighted by atomic mass is 10.1.